The summed E-state index contributed by atoms with van der Waals surface area (Å²) >= 11 is 0. The molecule has 0 bridgehead atoms. The van der Waals surface area contributed by atoms with E-state index in [1.54, 1.807) is 0 Å². The van der Waals surface area contributed by atoms with Gasteiger partial charge in [0.1, 0.15) is 0 Å². The molecule has 0 aromatic heterocycles. The molecular weight excluding hydrogens is 160 g/mol. The van der Waals surface area contributed by atoms with Gasteiger partial charge in [-0.3, -0.25) is 0 Å². The first-order valence-electron chi connectivity index (χ1n) is 4.25. The SMILES string of the molecule is CCCCC(C)C(C)(OO)OO. The zero-order valence-corrected chi connectivity index (χ0v) is 7.91. The highest BCUT2D eigenvalue weighted by Gasteiger charge is 2.34. The molecule has 0 radical (unpaired) electrons. The van der Waals surface area contributed by atoms with E-state index in [0.717, 1.165) is 19.3 Å². The number of unbranched alkanes of at least 4 members (excludes halogenated alkanes) is 1. The molecule has 0 aliphatic rings. The lowest BCUT2D eigenvalue weighted by Gasteiger charge is -2.28. The third-order valence-corrected chi connectivity index (χ3v) is 2.25. The lowest BCUT2D eigenvalue weighted by atomic mass is 9.96. The lowest BCUT2D eigenvalue weighted by molar-refractivity contribution is -0.493. The summed E-state index contributed by atoms with van der Waals surface area (Å²) in [7, 11) is 0. The van der Waals surface area contributed by atoms with Crippen molar-refractivity contribution in [2.45, 2.75) is 45.8 Å². The summed E-state index contributed by atoms with van der Waals surface area (Å²) < 4.78 is 0. The number of rotatable bonds is 6. The van der Waals surface area contributed by atoms with Gasteiger partial charge >= 0.3 is 0 Å². The third-order valence-electron chi connectivity index (χ3n) is 2.25. The van der Waals surface area contributed by atoms with Crippen LogP contribution in [0.3, 0.4) is 0 Å². The predicted octanol–water partition coefficient (Wildman–Crippen LogP) is 2.51. The quantitative estimate of drug-likeness (QED) is 0.372. The molecule has 0 spiro atoms. The van der Waals surface area contributed by atoms with E-state index < -0.39 is 5.79 Å². The summed E-state index contributed by atoms with van der Waals surface area (Å²) in [6.45, 7) is 5.42. The summed E-state index contributed by atoms with van der Waals surface area (Å²) in [5, 5.41) is 16.9. The van der Waals surface area contributed by atoms with Crippen LogP contribution in [0.5, 0.6) is 0 Å². The first-order valence-corrected chi connectivity index (χ1v) is 4.25. The number of hydrogen-bond acceptors (Lipinski definition) is 4. The maximum Gasteiger partial charge on any atom is 0.233 e. The van der Waals surface area contributed by atoms with Gasteiger partial charge in [0.05, 0.1) is 0 Å². The smallest absolute Gasteiger partial charge is 0.233 e. The molecule has 4 nitrogen and oxygen atoms in total. The van der Waals surface area contributed by atoms with E-state index in [-0.39, 0.29) is 5.92 Å². The van der Waals surface area contributed by atoms with Crippen molar-refractivity contribution in [3.8, 4) is 0 Å². The van der Waals surface area contributed by atoms with Crippen molar-refractivity contribution in [3.63, 3.8) is 0 Å². The van der Waals surface area contributed by atoms with E-state index in [9.17, 15) is 0 Å². The zero-order chi connectivity index (χ0) is 9.61. The second kappa shape index (κ2) is 5.48. The van der Waals surface area contributed by atoms with Crippen molar-refractivity contribution in [1.29, 1.82) is 0 Å². The van der Waals surface area contributed by atoms with Crippen molar-refractivity contribution in [2.24, 2.45) is 5.92 Å². The summed E-state index contributed by atoms with van der Waals surface area (Å²) in [5.74, 6) is -1.35. The van der Waals surface area contributed by atoms with Gasteiger partial charge in [0.25, 0.3) is 0 Å². The third kappa shape index (κ3) is 3.06. The molecule has 0 aromatic carbocycles. The van der Waals surface area contributed by atoms with Gasteiger partial charge in [-0.2, -0.15) is 0 Å². The first-order chi connectivity index (χ1) is 5.60. The maximum atomic E-state index is 8.47. The first kappa shape index (κ1) is 11.8. The summed E-state index contributed by atoms with van der Waals surface area (Å²) in [6, 6.07) is 0. The van der Waals surface area contributed by atoms with Crippen molar-refractivity contribution >= 4 is 0 Å². The van der Waals surface area contributed by atoms with Crippen molar-refractivity contribution in [1.82, 2.24) is 0 Å². The van der Waals surface area contributed by atoms with Crippen LogP contribution in [0.15, 0.2) is 0 Å². The van der Waals surface area contributed by atoms with Gasteiger partial charge in [-0.25, -0.2) is 20.3 Å². The standard InChI is InChI=1S/C8H18O4/c1-4-5-6-7(2)8(3,11-9)12-10/h7,9-10H,4-6H2,1-3H3. The average molecular weight is 178 g/mol. The van der Waals surface area contributed by atoms with Gasteiger partial charge in [0.15, 0.2) is 0 Å². The van der Waals surface area contributed by atoms with Gasteiger partial charge in [-0.05, 0) is 13.3 Å². The second-order valence-electron chi connectivity index (χ2n) is 3.24. The fourth-order valence-electron chi connectivity index (χ4n) is 0.969. The van der Waals surface area contributed by atoms with Gasteiger partial charge in [0, 0.05) is 5.92 Å². The van der Waals surface area contributed by atoms with Crippen LogP contribution in [0.2, 0.25) is 0 Å². The Balaban J connectivity index is 3.93. The van der Waals surface area contributed by atoms with Crippen LogP contribution < -0.4 is 0 Å². The Morgan fingerprint density at radius 1 is 1.33 bits per heavy atom. The van der Waals surface area contributed by atoms with Crippen LogP contribution in [-0.4, -0.2) is 16.3 Å². The maximum absolute atomic E-state index is 8.47. The molecule has 0 heterocycles. The highest BCUT2D eigenvalue weighted by atomic mass is 17.2. The van der Waals surface area contributed by atoms with Gasteiger partial charge in [-0.1, -0.05) is 26.7 Å². The minimum Gasteiger partial charge on any atom is -0.249 e. The van der Waals surface area contributed by atoms with Crippen molar-refractivity contribution < 1.29 is 20.3 Å². The van der Waals surface area contributed by atoms with Crippen LogP contribution in [0.25, 0.3) is 0 Å². The van der Waals surface area contributed by atoms with Crippen LogP contribution in [0.4, 0.5) is 0 Å². The molecule has 1 unspecified atom stereocenters. The molecule has 0 fully saturated rings. The van der Waals surface area contributed by atoms with Crippen molar-refractivity contribution in [2.75, 3.05) is 0 Å². The molecule has 0 saturated carbocycles. The molecule has 1 atom stereocenters. The topological polar surface area (TPSA) is 58.9 Å². The van der Waals surface area contributed by atoms with Crippen LogP contribution in [-0.2, 0) is 9.78 Å². The minimum absolute atomic E-state index is 0.0487. The zero-order valence-electron chi connectivity index (χ0n) is 7.91. The van der Waals surface area contributed by atoms with E-state index >= 15 is 0 Å². The Morgan fingerprint density at radius 2 is 1.83 bits per heavy atom. The molecule has 2 N–H and O–H groups in total. The lowest BCUT2D eigenvalue weighted by Crippen LogP contribution is -2.37. The van der Waals surface area contributed by atoms with E-state index in [0.29, 0.717) is 0 Å². The Labute approximate surface area is 73.0 Å². The molecule has 0 saturated heterocycles. The summed E-state index contributed by atoms with van der Waals surface area (Å²) in [6.07, 6.45) is 2.93. The van der Waals surface area contributed by atoms with E-state index in [4.69, 9.17) is 10.5 Å². The molecule has 4 heteroatoms. The van der Waals surface area contributed by atoms with E-state index in [1.165, 1.54) is 6.92 Å². The van der Waals surface area contributed by atoms with Gasteiger partial charge in [-0.15, -0.1) is 0 Å². The Bertz CT molecular complexity index is 112. The Hall–Kier alpha value is -0.160. The molecule has 74 valence electrons. The molecule has 0 aromatic rings. The Morgan fingerprint density at radius 3 is 2.17 bits per heavy atom. The predicted molar refractivity (Wildman–Crippen MR) is 44.5 cm³/mol. The largest absolute Gasteiger partial charge is 0.249 e. The average Bonchev–Trinajstić information content (AvgIpc) is 2.12. The normalized spacial score (nSPS) is 14.8. The van der Waals surface area contributed by atoms with Gasteiger partial charge in [0.2, 0.25) is 5.79 Å². The minimum atomic E-state index is -1.30. The summed E-state index contributed by atoms with van der Waals surface area (Å²) in [4.78, 5) is 8.15. The summed E-state index contributed by atoms with van der Waals surface area (Å²) in [5.41, 5.74) is 0. The van der Waals surface area contributed by atoms with Gasteiger partial charge < -0.3 is 0 Å². The fraction of sp³-hybridized carbons (Fsp3) is 1.00. The molecule has 0 aliphatic carbocycles. The molecule has 0 rings (SSSR count). The highest BCUT2D eigenvalue weighted by molar-refractivity contribution is 4.68. The molecule has 0 amide bonds. The number of hydrogen-bond donors (Lipinski definition) is 2. The molecule has 0 aliphatic heterocycles. The molecule has 12 heavy (non-hydrogen) atoms. The van der Waals surface area contributed by atoms with E-state index in [1.807, 2.05) is 6.92 Å². The highest BCUT2D eigenvalue weighted by Crippen LogP contribution is 2.25. The van der Waals surface area contributed by atoms with Crippen LogP contribution >= 0.6 is 0 Å². The molecular formula is C8H18O4. The fourth-order valence-corrected chi connectivity index (χ4v) is 0.969. The Kier molecular flexibility index (Phi) is 5.41. The van der Waals surface area contributed by atoms with Crippen molar-refractivity contribution in [3.05, 3.63) is 0 Å². The van der Waals surface area contributed by atoms with Crippen LogP contribution in [0, 0.1) is 5.92 Å². The van der Waals surface area contributed by atoms with E-state index in [2.05, 4.69) is 16.7 Å². The monoisotopic (exact) mass is 178 g/mol. The second-order valence-corrected chi connectivity index (χ2v) is 3.24. The van der Waals surface area contributed by atoms with Crippen LogP contribution in [0.1, 0.15) is 40.0 Å².